The molecule has 1 aromatic rings. The van der Waals surface area contributed by atoms with Gasteiger partial charge in [-0.1, -0.05) is 0 Å². The monoisotopic (exact) mass is 269 g/mol. The zero-order chi connectivity index (χ0) is 14.0. The van der Waals surface area contributed by atoms with E-state index < -0.39 is 52.2 Å². The van der Waals surface area contributed by atoms with Crippen molar-refractivity contribution in [1.29, 1.82) is 0 Å². The van der Waals surface area contributed by atoms with Gasteiger partial charge in [-0.3, -0.25) is 10.1 Å². The van der Waals surface area contributed by atoms with Crippen LogP contribution in [0.2, 0.25) is 0 Å². The van der Waals surface area contributed by atoms with Crippen LogP contribution in [-0.2, 0) is 0 Å². The number of halogens is 4. The zero-order valence-corrected chi connectivity index (χ0v) is 8.25. The Morgan fingerprint density at radius 1 is 1.28 bits per heavy atom. The van der Waals surface area contributed by atoms with Crippen LogP contribution in [0, 0.1) is 27.6 Å². The number of ether oxygens (including phenoxy) is 1. The zero-order valence-electron chi connectivity index (χ0n) is 8.25. The summed E-state index contributed by atoms with van der Waals surface area (Å²) in [6.45, 7) is -1.77. The van der Waals surface area contributed by atoms with Crippen molar-refractivity contribution in [3.63, 3.8) is 0 Å². The SMILES string of the molecule is O=C(O)c1c(F)c(OCF)c(F)c(F)c1[N+](=O)[O-]. The quantitative estimate of drug-likeness (QED) is 0.391. The second-order valence-electron chi connectivity index (χ2n) is 2.81. The van der Waals surface area contributed by atoms with Gasteiger partial charge in [0.05, 0.1) is 4.92 Å². The van der Waals surface area contributed by atoms with Crippen molar-refractivity contribution >= 4 is 11.7 Å². The Morgan fingerprint density at radius 2 is 1.83 bits per heavy atom. The highest BCUT2D eigenvalue weighted by Crippen LogP contribution is 2.35. The van der Waals surface area contributed by atoms with E-state index in [1.807, 2.05) is 0 Å². The molecule has 0 spiro atoms. The molecule has 0 radical (unpaired) electrons. The lowest BCUT2D eigenvalue weighted by atomic mass is 10.1. The predicted octanol–water partition coefficient (Wildman–Crippen LogP) is 2.02. The summed E-state index contributed by atoms with van der Waals surface area (Å²) in [7, 11) is 0. The maximum Gasteiger partial charge on any atom is 0.346 e. The Bertz CT molecular complexity index is 533. The van der Waals surface area contributed by atoms with Gasteiger partial charge in [-0.05, 0) is 0 Å². The first-order valence-electron chi connectivity index (χ1n) is 4.09. The minimum Gasteiger partial charge on any atom is -0.477 e. The van der Waals surface area contributed by atoms with Crippen molar-refractivity contribution in [1.82, 2.24) is 0 Å². The van der Waals surface area contributed by atoms with E-state index in [2.05, 4.69) is 4.74 Å². The van der Waals surface area contributed by atoms with Crippen LogP contribution in [0.5, 0.6) is 5.75 Å². The maximum atomic E-state index is 13.4. The topological polar surface area (TPSA) is 89.7 Å². The van der Waals surface area contributed by atoms with Crippen LogP contribution in [0.1, 0.15) is 10.4 Å². The van der Waals surface area contributed by atoms with Crippen LogP contribution >= 0.6 is 0 Å². The van der Waals surface area contributed by atoms with Gasteiger partial charge in [-0.25, -0.2) is 13.6 Å². The Hall–Kier alpha value is -2.39. The van der Waals surface area contributed by atoms with Gasteiger partial charge in [0, 0.05) is 0 Å². The Kier molecular flexibility index (Phi) is 3.69. The molecule has 1 aromatic carbocycles. The van der Waals surface area contributed by atoms with Crippen molar-refractivity contribution in [3.05, 3.63) is 33.1 Å². The van der Waals surface area contributed by atoms with E-state index in [4.69, 9.17) is 5.11 Å². The van der Waals surface area contributed by atoms with Crippen molar-refractivity contribution in [2.45, 2.75) is 0 Å². The second-order valence-corrected chi connectivity index (χ2v) is 2.81. The summed E-state index contributed by atoms with van der Waals surface area (Å²) in [6.07, 6.45) is 0. The Morgan fingerprint density at radius 3 is 2.22 bits per heavy atom. The van der Waals surface area contributed by atoms with Gasteiger partial charge in [-0.2, -0.15) is 8.78 Å². The molecule has 0 saturated heterocycles. The molecule has 6 nitrogen and oxygen atoms in total. The number of carbonyl (C=O) groups is 1. The second kappa shape index (κ2) is 4.85. The molecular weight excluding hydrogens is 266 g/mol. The molecule has 1 rings (SSSR count). The molecule has 98 valence electrons. The number of benzene rings is 1. The standard InChI is InChI=1S/C8H3F4NO5/c9-1-18-7-3(10)2(8(14)15)6(13(16)17)4(11)5(7)12/h1H2,(H,14,15). The van der Waals surface area contributed by atoms with E-state index in [0.717, 1.165) is 0 Å². The van der Waals surface area contributed by atoms with Crippen LogP contribution in [-0.4, -0.2) is 22.9 Å². The normalized spacial score (nSPS) is 10.2. The fourth-order valence-electron chi connectivity index (χ4n) is 1.18. The molecule has 0 atom stereocenters. The van der Waals surface area contributed by atoms with Gasteiger partial charge in [0.15, 0.2) is 17.1 Å². The molecule has 0 aliphatic carbocycles. The highest BCUT2D eigenvalue weighted by molar-refractivity contribution is 5.93. The number of aromatic carboxylic acids is 1. The van der Waals surface area contributed by atoms with Gasteiger partial charge in [0.2, 0.25) is 18.5 Å². The van der Waals surface area contributed by atoms with Crippen molar-refractivity contribution in [2.75, 3.05) is 6.86 Å². The molecule has 0 saturated carbocycles. The average Bonchev–Trinajstić information content (AvgIpc) is 2.27. The number of alkyl halides is 1. The molecular formula is C8H3F4NO5. The summed E-state index contributed by atoms with van der Waals surface area (Å²) in [4.78, 5) is 19.4. The van der Waals surface area contributed by atoms with Crippen LogP contribution in [0.3, 0.4) is 0 Å². The van der Waals surface area contributed by atoms with E-state index in [9.17, 15) is 32.5 Å². The number of hydrogen-bond donors (Lipinski definition) is 1. The number of nitrogens with zero attached hydrogens (tertiary/aromatic N) is 1. The number of nitro benzene ring substituents is 1. The predicted molar refractivity (Wildman–Crippen MR) is 46.5 cm³/mol. The Balaban J connectivity index is 3.76. The summed E-state index contributed by atoms with van der Waals surface area (Å²) in [5.41, 5.74) is -3.65. The smallest absolute Gasteiger partial charge is 0.346 e. The van der Waals surface area contributed by atoms with Crippen LogP contribution in [0.4, 0.5) is 23.2 Å². The van der Waals surface area contributed by atoms with Gasteiger partial charge < -0.3 is 9.84 Å². The average molecular weight is 269 g/mol. The van der Waals surface area contributed by atoms with Crippen LogP contribution in [0.15, 0.2) is 0 Å². The number of carboxylic acids is 1. The van der Waals surface area contributed by atoms with Crippen molar-refractivity contribution in [2.24, 2.45) is 0 Å². The van der Waals surface area contributed by atoms with Gasteiger partial charge in [-0.15, -0.1) is 0 Å². The highest BCUT2D eigenvalue weighted by Gasteiger charge is 2.37. The minimum atomic E-state index is -2.25. The molecule has 18 heavy (non-hydrogen) atoms. The summed E-state index contributed by atoms with van der Waals surface area (Å²) in [5.74, 6) is -10.4. The number of rotatable bonds is 4. The maximum absolute atomic E-state index is 13.4. The van der Waals surface area contributed by atoms with Gasteiger partial charge in [0.1, 0.15) is 0 Å². The number of nitro groups is 1. The molecule has 0 amide bonds. The molecule has 0 aliphatic rings. The third-order valence-corrected chi connectivity index (χ3v) is 1.85. The molecule has 1 N–H and O–H groups in total. The highest BCUT2D eigenvalue weighted by atomic mass is 19.2. The Labute approximate surface area is 95.5 Å². The molecule has 0 bridgehead atoms. The van der Waals surface area contributed by atoms with Crippen molar-refractivity contribution < 1.29 is 37.1 Å². The molecule has 0 fully saturated rings. The lowest BCUT2D eigenvalue weighted by molar-refractivity contribution is -0.388. The lowest BCUT2D eigenvalue weighted by Gasteiger charge is -2.08. The van der Waals surface area contributed by atoms with E-state index in [1.54, 1.807) is 0 Å². The summed E-state index contributed by atoms with van der Waals surface area (Å²) >= 11 is 0. The fourth-order valence-corrected chi connectivity index (χ4v) is 1.18. The van der Waals surface area contributed by atoms with Crippen LogP contribution < -0.4 is 4.74 Å². The lowest BCUT2D eigenvalue weighted by Crippen LogP contribution is -2.12. The first kappa shape index (κ1) is 13.7. The molecule has 0 aromatic heterocycles. The van der Waals surface area contributed by atoms with E-state index in [-0.39, 0.29) is 0 Å². The van der Waals surface area contributed by atoms with Crippen LogP contribution in [0.25, 0.3) is 0 Å². The molecule has 0 aliphatic heterocycles. The summed E-state index contributed by atoms with van der Waals surface area (Å²) < 4.78 is 55.2. The fraction of sp³-hybridized carbons (Fsp3) is 0.125. The van der Waals surface area contributed by atoms with E-state index >= 15 is 0 Å². The first-order chi connectivity index (χ1) is 8.32. The third kappa shape index (κ3) is 2.04. The van der Waals surface area contributed by atoms with E-state index in [0.29, 0.717) is 0 Å². The number of carboxylic acid groups (broad SMARTS) is 1. The largest absolute Gasteiger partial charge is 0.477 e. The number of hydrogen-bond acceptors (Lipinski definition) is 4. The van der Waals surface area contributed by atoms with Gasteiger partial charge >= 0.3 is 11.7 Å². The van der Waals surface area contributed by atoms with E-state index in [1.165, 1.54) is 0 Å². The molecule has 10 heteroatoms. The van der Waals surface area contributed by atoms with Crippen molar-refractivity contribution in [3.8, 4) is 5.75 Å². The first-order valence-corrected chi connectivity index (χ1v) is 4.09. The molecule has 0 heterocycles. The summed E-state index contributed by atoms with van der Waals surface area (Å²) in [5, 5.41) is 18.9. The third-order valence-electron chi connectivity index (χ3n) is 1.85. The minimum absolute atomic E-state index is 1.61. The summed E-state index contributed by atoms with van der Waals surface area (Å²) in [6, 6.07) is 0. The molecule has 0 unspecified atom stereocenters. The van der Waals surface area contributed by atoms with Gasteiger partial charge in [0.25, 0.3) is 0 Å².